The Hall–Kier alpha value is -1.99. The van der Waals surface area contributed by atoms with Crippen molar-refractivity contribution in [3.8, 4) is 0 Å². The lowest BCUT2D eigenvalue weighted by Crippen LogP contribution is -1.98. The molecule has 0 aromatic heterocycles. The summed E-state index contributed by atoms with van der Waals surface area (Å²) in [6.07, 6.45) is 1.14. The summed E-state index contributed by atoms with van der Waals surface area (Å²) in [5.41, 5.74) is 6.45. The van der Waals surface area contributed by atoms with Gasteiger partial charge in [-0.3, -0.25) is 0 Å². The van der Waals surface area contributed by atoms with Gasteiger partial charge in [-0.1, -0.05) is 11.8 Å². The fourth-order valence-electron chi connectivity index (χ4n) is 1.64. The smallest absolute Gasteiger partial charge is 0.335 e. The number of carboxylic acids is 1. The van der Waals surface area contributed by atoms with E-state index >= 15 is 0 Å². The molecule has 2 rings (SSSR count). The Bertz CT molecular complexity index is 783. The summed E-state index contributed by atoms with van der Waals surface area (Å²) in [4.78, 5) is 12.6. The summed E-state index contributed by atoms with van der Waals surface area (Å²) >= 11 is 1.28. The van der Waals surface area contributed by atoms with Gasteiger partial charge in [-0.2, -0.15) is 0 Å². The number of nitrogen functional groups attached to an aromatic ring is 1. The minimum atomic E-state index is -3.23. The predicted octanol–water partition coefficient (Wildman–Crippen LogP) is 2.52. The first-order valence-corrected chi connectivity index (χ1v) is 8.59. The molecule has 0 amide bonds. The van der Waals surface area contributed by atoms with Gasteiger partial charge in [0, 0.05) is 21.7 Å². The number of carboxylic acid groups (broad SMARTS) is 1. The van der Waals surface area contributed by atoms with Crippen molar-refractivity contribution in [2.45, 2.75) is 14.7 Å². The maximum atomic E-state index is 11.4. The van der Waals surface area contributed by atoms with Crippen LogP contribution < -0.4 is 5.73 Å². The molecule has 0 atom stereocenters. The molecule has 3 N–H and O–H groups in total. The summed E-state index contributed by atoms with van der Waals surface area (Å²) < 4.78 is 22.8. The number of aromatic carboxylic acids is 1. The molecule has 2 aromatic rings. The topological polar surface area (TPSA) is 97.5 Å². The maximum Gasteiger partial charge on any atom is 0.335 e. The number of anilines is 1. The Kier molecular flexibility index (Phi) is 4.24. The third-order valence-electron chi connectivity index (χ3n) is 2.74. The molecule has 0 heterocycles. The molecule has 0 aliphatic rings. The maximum absolute atomic E-state index is 11.4. The van der Waals surface area contributed by atoms with Crippen LogP contribution in [-0.4, -0.2) is 25.7 Å². The van der Waals surface area contributed by atoms with E-state index in [-0.39, 0.29) is 10.5 Å². The van der Waals surface area contributed by atoms with E-state index in [1.807, 2.05) is 0 Å². The van der Waals surface area contributed by atoms with Crippen molar-refractivity contribution in [3.63, 3.8) is 0 Å². The van der Waals surface area contributed by atoms with Gasteiger partial charge in [-0.15, -0.1) is 0 Å². The summed E-state index contributed by atoms with van der Waals surface area (Å²) in [6, 6.07) is 10.8. The van der Waals surface area contributed by atoms with Crippen molar-refractivity contribution in [1.82, 2.24) is 0 Å². The van der Waals surface area contributed by atoms with Crippen molar-refractivity contribution in [1.29, 1.82) is 0 Å². The average molecular weight is 323 g/mol. The lowest BCUT2D eigenvalue weighted by atomic mass is 10.2. The second kappa shape index (κ2) is 5.79. The minimum absolute atomic E-state index is 0.152. The number of hydrogen-bond donors (Lipinski definition) is 2. The van der Waals surface area contributed by atoms with Crippen LogP contribution in [0.4, 0.5) is 5.69 Å². The van der Waals surface area contributed by atoms with Gasteiger partial charge in [0.15, 0.2) is 9.84 Å². The van der Waals surface area contributed by atoms with E-state index in [1.165, 1.54) is 42.1 Å². The zero-order valence-electron chi connectivity index (χ0n) is 11.1. The number of rotatable bonds is 4. The Morgan fingerprint density at radius 3 is 2.29 bits per heavy atom. The predicted molar refractivity (Wildman–Crippen MR) is 81.5 cm³/mol. The summed E-state index contributed by atoms with van der Waals surface area (Å²) in [5.74, 6) is -1.02. The zero-order valence-corrected chi connectivity index (χ0v) is 12.7. The molecule has 5 nitrogen and oxygen atoms in total. The Morgan fingerprint density at radius 2 is 1.76 bits per heavy atom. The Morgan fingerprint density at radius 1 is 1.14 bits per heavy atom. The van der Waals surface area contributed by atoms with Crippen LogP contribution in [0.3, 0.4) is 0 Å². The van der Waals surface area contributed by atoms with Gasteiger partial charge in [0.05, 0.1) is 10.5 Å². The van der Waals surface area contributed by atoms with Crippen LogP contribution in [0.25, 0.3) is 0 Å². The van der Waals surface area contributed by atoms with Gasteiger partial charge in [-0.05, 0) is 42.5 Å². The van der Waals surface area contributed by atoms with Gasteiger partial charge in [0.25, 0.3) is 0 Å². The minimum Gasteiger partial charge on any atom is -0.478 e. The molecule has 0 fully saturated rings. The highest BCUT2D eigenvalue weighted by atomic mass is 32.2. The second-order valence-corrected chi connectivity index (χ2v) is 7.53. The van der Waals surface area contributed by atoms with Crippen molar-refractivity contribution in [2.24, 2.45) is 0 Å². The highest BCUT2D eigenvalue weighted by Gasteiger charge is 2.10. The second-order valence-electron chi connectivity index (χ2n) is 4.40. The average Bonchev–Trinajstić information content (AvgIpc) is 2.40. The third-order valence-corrected chi connectivity index (χ3v) is 4.95. The van der Waals surface area contributed by atoms with Gasteiger partial charge < -0.3 is 10.8 Å². The van der Waals surface area contributed by atoms with Crippen LogP contribution in [0.2, 0.25) is 0 Å². The van der Waals surface area contributed by atoms with Gasteiger partial charge >= 0.3 is 5.97 Å². The Labute approximate surface area is 126 Å². The van der Waals surface area contributed by atoms with Crippen molar-refractivity contribution >= 4 is 33.3 Å². The molecule has 0 saturated heterocycles. The number of benzene rings is 2. The van der Waals surface area contributed by atoms with Crippen LogP contribution in [0.1, 0.15) is 10.4 Å². The quantitative estimate of drug-likeness (QED) is 0.839. The lowest BCUT2D eigenvalue weighted by Gasteiger charge is -2.07. The van der Waals surface area contributed by atoms with Crippen LogP contribution in [0.5, 0.6) is 0 Å². The molecule has 0 spiro atoms. The van der Waals surface area contributed by atoms with Crippen molar-refractivity contribution in [2.75, 3.05) is 12.0 Å². The number of nitrogens with two attached hydrogens (primary N) is 1. The normalized spacial score (nSPS) is 11.3. The van der Waals surface area contributed by atoms with E-state index in [2.05, 4.69) is 0 Å². The van der Waals surface area contributed by atoms with E-state index in [9.17, 15) is 13.2 Å². The molecular weight excluding hydrogens is 310 g/mol. The lowest BCUT2D eigenvalue weighted by molar-refractivity contribution is 0.0696. The number of hydrogen-bond acceptors (Lipinski definition) is 5. The molecule has 0 saturated carbocycles. The van der Waals surface area contributed by atoms with E-state index < -0.39 is 15.8 Å². The van der Waals surface area contributed by atoms with Gasteiger partial charge in [0.2, 0.25) is 0 Å². The highest BCUT2D eigenvalue weighted by Crippen LogP contribution is 2.33. The van der Waals surface area contributed by atoms with Crippen LogP contribution >= 0.6 is 11.8 Å². The molecule has 0 unspecified atom stereocenters. The summed E-state index contributed by atoms with van der Waals surface area (Å²) in [5, 5.41) is 8.98. The monoisotopic (exact) mass is 323 g/mol. The molecule has 21 heavy (non-hydrogen) atoms. The van der Waals surface area contributed by atoms with Crippen molar-refractivity contribution < 1.29 is 18.3 Å². The summed E-state index contributed by atoms with van der Waals surface area (Å²) in [6.45, 7) is 0. The van der Waals surface area contributed by atoms with E-state index in [4.69, 9.17) is 10.8 Å². The van der Waals surface area contributed by atoms with Gasteiger partial charge in [-0.25, -0.2) is 13.2 Å². The molecule has 0 bridgehead atoms. The molecule has 7 heteroatoms. The van der Waals surface area contributed by atoms with Crippen molar-refractivity contribution in [3.05, 3.63) is 48.0 Å². The standard InChI is InChI=1S/C14H13NO4S2/c1-21(18,19)11-5-3-10(4-6-11)20-13-8-9(14(16)17)2-7-12(13)15/h2-8H,15H2,1H3,(H,16,17). The SMILES string of the molecule is CS(=O)(=O)c1ccc(Sc2cc(C(=O)O)ccc2N)cc1. The fourth-order valence-corrected chi connectivity index (χ4v) is 3.17. The van der Waals surface area contributed by atoms with Crippen LogP contribution in [0.15, 0.2) is 57.2 Å². The molecule has 110 valence electrons. The zero-order chi connectivity index (χ0) is 15.6. The van der Waals surface area contributed by atoms with E-state index in [0.29, 0.717) is 10.6 Å². The first-order chi connectivity index (χ1) is 9.77. The largest absolute Gasteiger partial charge is 0.478 e. The third kappa shape index (κ3) is 3.77. The molecule has 0 aliphatic carbocycles. The first kappa shape index (κ1) is 15.4. The van der Waals surface area contributed by atoms with Crippen LogP contribution in [0, 0.1) is 0 Å². The first-order valence-electron chi connectivity index (χ1n) is 5.88. The number of sulfone groups is 1. The van der Waals surface area contributed by atoms with Gasteiger partial charge in [0.1, 0.15) is 0 Å². The van der Waals surface area contributed by atoms with E-state index in [0.717, 1.165) is 11.2 Å². The summed E-state index contributed by atoms with van der Waals surface area (Å²) in [7, 11) is -3.23. The van der Waals surface area contributed by atoms with E-state index in [1.54, 1.807) is 12.1 Å². The molecule has 2 aromatic carbocycles. The Balaban J connectivity index is 2.30. The molecule has 0 aliphatic heterocycles. The number of carbonyl (C=O) groups is 1. The molecular formula is C14H13NO4S2. The molecule has 0 radical (unpaired) electrons. The fraction of sp³-hybridized carbons (Fsp3) is 0.0714. The van der Waals surface area contributed by atoms with Crippen LogP contribution in [-0.2, 0) is 9.84 Å². The highest BCUT2D eigenvalue weighted by molar-refractivity contribution is 7.99.